The zero-order valence-corrected chi connectivity index (χ0v) is 19.3. The highest BCUT2D eigenvalue weighted by Gasteiger charge is 2.33. The number of methoxy groups -OCH3 is 2. The third-order valence-corrected chi connectivity index (χ3v) is 6.23. The van der Waals surface area contributed by atoms with Gasteiger partial charge in [-0.25, -0.2) is 0 Å². The fraction of sp³-hybridized carbons (Fsp3) is 0.222. The number of benzene rings is 3. The van der Waals surface area contributed by atoms with Crippen LogP contribution in [0.3, 0.4) is 0 Å². The van der Waals surface area contributed by atoms with Crippen molar-refractivity contribution in [3.8, 4) is 34.5 Å². The van der Waals surface area contributed by atoms with Crippen LogP contribution in [-0.4, -0.2) is 38.4 Å². The minimum atomic E-state index is -0.162. The van der Waals surface area contributed by atoms with E-state index in [4.69, 9.17) is 28.4 Å². The van der Waals surface area contributed by atoms with E-state index in [1.807, 2.05) is 30.3 Å². The van der Waals surface area contributed by atoms with Gasteiger partial charge in [-0.1, -0.05) is 12.1 Å². The second-order valence-electron chi connectivity index (χ2n) is 8.42. The molecule has 3 heterocycles. The Bertz CT molecular complexity index is 1360. The number of allylic oxidation sites excluding steroid dienone is 1. The number of rotatable bonds is 5. The molecule has 3 aromatic rings. The number of ether oxygens (including phenoxy) is 6. The van der Waals surface area contributed by atoms with E-state index < -0.39 is 0 Å². The van der Waals surface area contributed by atoms with Crippen molar-refractivity contribution in [3.05, 3.63) is 76.5 Å². The molecule has 178 valence electrons. The number of carbonyl (C=O) groups excluding carboxylic acids is 1. The largest absolute Gasteiger partial charge is 0.493 e. The lowest BCUT2D eigenvalue weighted by atomic mass is 10.0. The van der Waals surface area contributed by atoms with Gasteiger partial charge in [-0.05, 0) is 53.6 Å². The predicted molar refractivity (Wildman–Crippen MR) is 126 cm³/mol. The van der Waals surface area contributed by atoms with Crippen molar-refractivity contribution in [2.75, 3.05) is 27.7 Å². The van der Waals surface area contributed by atoms with Gasteiger partial charge in [-0.3, -0.25) is 9.69 Å². The summed E-state index contributed by atoms with van der Waals surface area (Å²) in [5.41, 5.74) is 3.25. The molecule has 0 spiro atoms. The van der Waals surface area contributed by atoms with Gasteiger partial charge in [0.1, 0.15) is 18.2 Å². The van der Waals surface area contributed by atoms with E-state index in [9.17, 15) is 4.79 Å². The summed E-state index contributed by atoms with van der Waals surface area (Å²) in [7, 11) is 3.15. The number of nitrogens with zero attached hydrogens (tertiary/aromatic N) is 1. The Labute approximate surface area is 202 Å². The highest BCUT2D eigenvalue weighted by Crippen LogP contribution is 2.43. The summed E-state index contributed by atoms with van der Waals surface area (Å²) >= 11 is 0. The normalized spacial score (nSPS) is 17.0. The monoisotopic (exact) mass is 473 g/mol. The summed E-state index contributed by atoms with van der Waals surface area (Å²) in [6.45, 7) is 1.92. The molecule has 0 saturated heterocycles. The average molecular weight is 473 g/mol. The van der Waals surface area contributed by atoms with Crippen molar-refractivity contribution in [3.63, 3.8) is 0 Å². The zero-order valence-electron chi connectivity index (χ0n) is 19.3. The molecule has 0 radical (unpaired) electrons. The minimum Gasteiger partial charge on any atom is -0.493 e. The Morgan fingerprint density at radius 3 is 2.60 bits per heavy atom. The molecular weight excluding hydrogens is 450 g/mol. The molecule has 0 aliphatic carbocycles. The van der Waals surface area contributed by atoms with Crippen molar-refractivity contribution in [2.45, 2.75) is 13.1 Å². The first kappa shape index (κ1) is 21.4. The van der Waals surface area contributed by atoms with Crippen molar-refractivity contribution < 1.29 is 33.2 Å². The van der Waals surface area contributed by atoms with E-state index in [1.54, 1.807) is 38.5 Å². The zero-order chi connectivity index (χ0) is 23.9. The first-order valence-corrected chi connectivity index (χ1v) is 11.2. The third kappa shape index (κ3) is 3.81. The number of hydrogen-bond donors (Lipinski definition) is 0. The predicted octanol–water partition coefficient (Wildman–Crippen LogP) is 4.40. The summed E-state index contributed by atoms with van der Waals surface area (Å²) in [4.78, 5) is 15.3. The van der Waals surface area contributed by atoms with Gasteiger partial charge in [0.2, 0.25) is 12.6 Å². The molecule has 0 unspecified atom stereocenters. The molecule has 3 aliphatic rings. The second kappa shape index (κ2) is 8.56. The molecule has 0 fully saturated rings. The Hall–Kier alpha value is -4.17. The smallest absolute Gasteiger partial charge is 0.231 e. The van der Waals surface area contributed by atoms with Gasteiger partial charge >= 0.3 is 0 Å². The summed E-state index contributed by atoms with van der Waals surface area (Å²) in [5.74, 6) is 4.08. The number of ketones is 1. The Morgan fingerprint density at radius 1 is 0.914 bits per heavy atom. The molecule has 0 saturated carbocycles. The molecule has 3 aromatic carbocycles. The van der Waals surface area contributed by atoms with E-state index >= 15 is 0 Å². The van der Waals surface area contributed by atoms with Gasteiger partial charge in [0.25, 0.3) is 0 Å². The molecule has 0 N–H and O–H groups in total. The summed E-state index contributed by atoms with van der Waals surface area (Å²) < 4.78 is 33.7. The molecule has 8 heteroatoms. The second-order valence-corrected chi connectivity index (χ2v) is 8.42. The standard InChI is InChI=1S/C27H23NO7/c1-30-21-6-3-16(9-23(21)31-2)10-25-26(29)18-5-8-20-19(27(18)35-25)13-28(14-32-20)12-17-4-7-22-24(11-17)34-15-33-22/h3-11H,12-15H2,1-2H3/b25-10-. The average Bonchev–Trinajstić information content (AvgIpc) is 3.48. The minimum absolute atomic E-state index is 0.162. The summed E-state index contributed by atoms with van der Waals surface area (Å²) in [6.07, 6.45) is 1.71. The maximum Gasteiger partial charge on any atom is 0.231 e. The summed E-state index contributed by atoms with van der Waals surface area (Å²) in [6, 6.07) is 15.0. The molecule has 8 nitrogen and oxygen atoms in total. The number of Topliss-reactive ketones (excluding diaryl/α,β-unsaturated/α-hetero) is 1. The highest BCUT2D eigenvalue weighted by atomic mass is 16.7. The van der Waals surface area contributed by atoms with Crippen LogP contribution in [0, 0.1) is 0 Å². The molecule has 3 aliphatic heterocycles. The Morgan fingerprint density at radius 2 is 1.74 bits per heavy atom. The van der Waals surface area contributed by atoms with Gasteiger partial charge in [-0.2, -0.15) is 0 Å². The van der Waals surface area contributed by atoms with Crippen LogP contribution in [0.25, 0.3) is 6.08 Å². The molecule has 0 bridgehead atoms. The third-order valence-electron chi connectivity index (χ3n) is 6.23. The van der Waals surface area contributed by atoms with Crippen LogP contribution >= 0.6 is 0 Å². The van der Waals surface area contributed by atoms with Crippen LogP contribution < -0.4 is 28.4 Å². The molecule has 0 atom stereocenters. The van der Waals surface area contributed by atoms with Crippen molar-refractivity contribution in [2.24, 2.45) is 0 Å². The quantitative estimate of drug-likeness (QED) is 0.505. The van der Waals surface area contributed by atoms with E-state index in [2.05, 4.69) is 4.90 Å². The number of fused-ring (bicyclic) bond motifs is 4. The van der Waals surface area contributed by atoms with Gasteiger partial charge < -0.3 is 28.4 Å². The van der Waals surface area contributed by atoms with Crippen molar-refractivity contribution in [1.82, 2.24) is 4.90 Å². The number of carbonyl (C=O) groups is 1. The Balaban J connectivity index is 1.25. The Kier molecular flexibility index (Phi) is 5.22. The summed E-state index contributed by atoms with van der Waals surface area (Å²) in [5, 5.41) is 0. The van der Waals surface area contributed by atoms with E-state index in [0.29, 0.717) is 42.6 Å². The maximum absolute atomic E-state index is 13.1. The van der Waals surface area contributed by atoms with Crippen molar-refractivity contribution >= 4 is 11.9 Å². The molecule has 6 rings (SSSR count). The maximum atomic E-state index is 13.1. The molecule has 35 heavy (non-hydrogen) atoms. The fourth-order valence-corrected chi connectivity index (χ4v) is 4.50. The van der Waals surface area contributed by atoms with Crippen LogP contribution in [0.1, 0.15) is 27.0 Å². The first-order chi connectivity index (χ1) is 17.1. The number of hydrogen-bond acceptors (Lipinski definition) is 8. The van der Waals surface area contributed by atoms with Gasteiger partial charge in [0, 0.05) is 13.1 Å². The van der Waals surface area contributed by atoms with Crippen LogP contribution in [0.15, 0.2) is 54.3 Å². The lowest BCUT2D eigenvalue weighted by Crippen LogP contribution is -2.31. The lowest BCUT2D eigenvalue weighted by Gasteiger charge is -2.29. The van der Waals surface area contributed by atoms with E-state index in [1.165, 1.54) is 0 Å². The van der Waals surface area contributed by atoms with Crippen molar-refractivity contribution in [1.29, 1.82) is 0 Å². The molecular formula is C27H23NO7. The van der Waals surface area contributed by atoms with Crippen LogP contribution in [0.2, 0.25) is 0 Å². The van der Waals surface area contributed by atoms with Gasteiger partial charge in [0.05, 0.1) is 25.3 Å². The van der Waals surface area contributed by atoms with E-state index in [-0.39, 0.29) is 18.3 Å². The fourth-order valence-electron chi connectivity index (χ4n) is 4.50. The highest BCUT2D eigenvalue weighted by molar-refractivity contribution is 6.15. The van der Waals surface area contributed by atoms with E-state index in [0.717, 1.165) is 33.9 Å². The van der Waals surface area contributed by atoms with Crippen LogP contribution in [0.4, 0.5) is 0 Å². The van der Waals surface area contributed by atoms with Crippen LogP contribution in [0.5, 0.6) is 34.5 Å². The first-order valence-electron chi connectivity index (χ1n) is 11.2. The molecule has 0 amide bonds. The van der Waals surface area contributed by atoms with Crippen LogP contribution in [-0.2, 0) is 13.1 Å². The van der Waals surface area contributed by atoms with Gasteiger partial charge in [0.15, 0.2) is 28.8 Å². The van der Waals surface area contributed by atoms with Gasteiger partial charge in [-0.15, -0.1) is 0 Å². The topological polar surface area (TPSA) is 75.7 Å². The SMILES string of the molecule is COc1ccc(/C=C2\Oc3c(ccc4c3CN(Cc3ccc5c(c3)OCO5)CO4)C2=O)cc1OC. The molecule has 0 aromatic heterocycles. The lowest BCUT2D eigenvalue weighted by molar-refractivity contribution is 0.0872.